The van der Waals surface area contributed by atoms with E-state index in [4.69, 9.17) is 5.73 Å². The second kappa shape index (κ2) is 5.65. The molecule has 17 heavy (non-hydrogen) atoms. The minimum absolute atomic E-state index is 0.0548. The maximum absolute atomic E-state index is 12.3. The highest BCUT2D eigenvalue weighted by Crippen LogP contribution is 2.30. The maximum Gasteiger partial charge on any atom is 0.226 e. The molecular weight excluding hydrogens is 232 g/mol. The molecule has 1 heterocycles. The van der Waals surface area contributed by atoms with Crippen molar-refractivity contribution in [2.24, 2.45) is 11.7 Å². The first-order valence-corrected chi connectivity index (χ1v) is 7.18. The van der Waals surface area contributed by atoms with Gasteiger partial charge in [0.05, 0.1) is 0 Å². The topological polar surface area (TPSA) is 46.3 Å². The van der Waals surface area contributed by atoms with Gasteiger partial charge in [-0.25, -0.2) is 0 Å². The van der Waals surface area contributed by atoms with Crippen LogP contribution in [0.15, 0.2) is 16.8 Å². The molecule has 0 bridgehead atoms. The Labute approximate surface area is 107 Å². The van der Waals surface area contributed by atoms with Crippen LogP contribution in [0.3, 0.4) is 0 Å². The van der Waals surface area contributed by atoms with Gasteiger partial charge in [-0.05, 0) is 48.2 Å². The highest BCUT2D eigenvalue weighted by atomic mass is 32.1. The molecule has 1 aliphatic carbocycles. The molecule has 0 aliphatic heterocycles. The molecular formula is C13H20N2OS. The van der Waals surface area contributed by atoms with Crippen LogP contribution in [-0.2, 0) is 11.3 Å². The van der Waals surface area contributed by atoms with Gasteiger partial charge in [0.2, 0.25) is 5.91 Å². The Kier molecular flexibility index (Phi) is 4.18. The largest absolute Gasteiger partial charge is 0.335 e. The molecule has 1 saturated carbocycles. The number of carbonyl (C=O) groups is 1. The van der Waals surface area contributed by atoms with Gasteiger partial charge in [0.25, 0.3) is 0 Å². The summed E-state index contributed by atoms with van der Waals surface area (Å²) in [7, 11) is 0. The molecule has 2 rings (SSSR count). The zero-order chi connectivity index (χ0) is 12.3. The average molecular weight is 252 g/mol. The van der Waals surface area contributed by atoms with Crippen molar-refractivity contribution in [2.45, 2.75) is 38.8 Å². The summed E-state index contributed by atoms with van der Waals surface area (Å²) in [6.07, 6.45) is 3.10. The molecule has 94 valence electrons. The Bertz CT molecular complexity index is 360. The van der Waals surface area contributed by atoms with Gasteiger partial charge in [0, 0.05) is 18.5 Å². The Morgan fingerprint density at radius 2 is 2.41 bits per heavy atom. The van der Waals surface area contributed by atoms with E-state index in [1.54, 1.807) is 11.3 Å². The highest BCUT2D eigenvalue weighted by Gasteiger charge is 2.34. The molecule has 0 spiro atoms. The van der Waals surface area contributed by atoms with Gasteiger partial charge < -0.3 is 10.6 Å². The molecule has 1 aliphatic rings. The fourth-order valence-corrected chi connectivity index (χ4v) is 2.67. The number of nitrogens with zero attached hydrogens (tertiary/aromatic N) is 1. The van der Waals surface area contributed by atoms with Crippen LogP contribution < -0.4 is 5.73 Å². The van der Waals surface area contributed by atoms with E-state index in [1.165, 1.54) is 5.56 Å². The third-order valence-electron chi connectivity index (χ3n) is 3.22. The minimum Gasteiger partial charge on any atom is -0.335 e. The summed E-state index contributed by atoms with van der Waals surface area (Å²) in [5.74, 6) is 0.323. The molecule has 2 N–H and O–H groups in total. The minimum atomic E-state index is 0.0548. The van der Waals surface area contributed by atoms with Crippen molar-refractivity contribution in [1.29, 1.82) is 0 Å². The van der Waals surface area contributed by atoms with Crippen LogP contribution in [0, 0.1) is 5.92 Å². The second-order valence-corrected chi connectivity index (χ2v) is 5.59. The molecule has 4 heteroatoms. The summed E-state index contributed by atoms with van der Waals surface area (Å²) in [6, 6.07) is 2.57. The first-order valence-electron chi connectivity index (χ1n) is 6.24. The molecule has 0 saturated heterocycles. The normalized spacial score (nSPS) is 16.8. The third-order valence-corrected chi connectivity index (χ3v) is 3.96. The van der Waals surface area contributed by atoms with Crippen LogP contribution in [0.5, 0.6) is 0 Å². The van der Waals surface area contributed by atoms with Crippen molar-refractivity contribution in [1.82, 2.24) is 4.90 Å². The molecule has 0 radical (unpaired) electrons. The van der Waals surface area contributed by atoms with Gasteiger partial charge in [-0.3, -0.25) is 4.79 Å². The molecule has 1 aromatic heterocycles. The van der Waals surface area contributed by atoms with E-state index >= 15 is 0 Å². The Balaban J connectivity index is 1.99. The SMILES string of the molecule is CC(CCN)C(=O)N(Cc1ccsc1)C1CC1. The molecule has 1 unspecified atom stereocenters. The van der Waals surface area contributed by atoms with Crippen LogP contribution in [0.25, 0.3) is 0 Å². The Morgan fingerprint density at radius 1 is 1.65 bits per heavy atom. The van der Waals surface area contributed by atoms with E-state index in [0.29, 0.717) is 12.6 Å². The van der Waals surface area contributed by atoms with Crippen molar-refractivity contribution in [3.05, 3.63) is 22.4 Å². The van der Waals surface area contributed by atoms with Crippen LogP contribution in [-0.4, -0.2) is 23.4 Å². The van der Waals surface area contributed by atoms with Gasteiger partial charge >= 0.3 is 0 Å². The summed E-state index contributed by atoms with van der Waals surface area (Å²) < 4.78 is 0. The van der Waals surface area contributed by atoms with Gasteiger partial charge in [-0.2, -0.15) is 11.3 Å². The smallest absolute Gasteiger partial charge is 0.226 e. The maximum atomic E-state index is 12.3. The third kappa shape index (κ3) is 3.30. The second-order valence-electron chi connectivity index (χ2n) is 4.81. The summed E-state index contributed by atoms with van der Waals surface area (Å²) in [5, 5.41) is 4.18. The fourth-order valence-electron chi connectivity index (χ4n) is 2.01. The summed E-state index contributed by atoms with van der Waals surface area (Å²) in [5.41, 5.74) is 6.77. The lowest BCUT2D eigenvalue weighted by Crippen LogP contribution is -2.37. The monoisotopic (exact) mass is 252 g/mol. The Hall–Kier alpha value is -0.870. The van der Waals surface area contributed by atoms with Crippen molar-refractivity contribution in [2.75, 3.05) is 6.54 Å². The number of hydrogen-bond acceptors (Lipinski definition) is 3. The van der Waals surface area contributed by atoms with E-state index in [2.05, 4.69) is 16.8 Å². The van der Waals surface area contributed by atoms with Crippen molar-refractivity contribution < 1.29 is 4.79 Å². The quantitative estimate of drug-likeness (QED) is 0.844. The van der Waals surface area contributed by atoms with Gasteiger partial charge in [0.15, 0.2) is 0 Å². The van der Waals surface area contributed by atoms with E-state index in [1.807, 2.05) is 11.8 Å². The highest BCUT2D eigenvalue weighted by molar-refractivity contribution is 7.07. The summed E-state index contributed by atoms with van der Waals surface area (Å²) in [4.78, 5) is 14.4. The van der Waals surface area contributed by atoms with Crippen molar-refractivity contribution >= 4 is 17.2 Å². The van der Waals surface area contributed by atoms with Gasteiger partial charge in [-0.15, -0.1) is 0 Å². The fraction of sp³-hybridized carbons (Fsp3) is 0.615. The molecule has 1 fully saturated rings. The number of thiophene rings is 1. The standard InChI is InChI=1S/C13H20N2OS/c1-10(4-6-14)13(16)15(12-2-3-12)8-11-5-7-17-9-11/h5,7,9-10,12H,2-4,6,8,14H2,1H3. The molecule has 1 atom stereocenters. The molecule has 3 nitrogen and oxygen atoms in total. The van der Waals surface area contributed by atoms with E-state index in [-0.39, 0.29) is 11.8 Å². The number of carbonyl (C=O) groups excluding carboxylic acids is 1. The molecule has 1 amide bonds. The van der Waals surface area contributed by atoms with Crippen molar-refractivity contribution in [3.63, 3.8) is 0 Å². The number of nitrogens with two attached hydrogens (primary N) is 1. The lowest BCUT2D eigenvalue weighted by atomic mass is 10.1. The molecule has 0 aromatic carbocycles. The van der Waals surface area contributed by atoms with E-state index < -0.39 is 0 Å². The first kappa shape index (κ1) is 12.6. The zero-order valence-corrected chi connectivity index (χ0v) is 11.1. The molecule has 1 aromatic rings. The number of hydrogen-bond donors (Lipinski definition) is 1. The van der Waals surface area contributed by atoms with Crippen LogP contribution in [0.4, 0.5) is 0 Å². The summed E-state index contributed by atoms with van der Waals surface area (Å²) in [6.45, 7) is 3.34. The lowest BCUT2D eigenvalue weighted by molar-refractivity contribution is -0.136. The van der Waals surface area contributed by atoms with Gasteiger partial charge in [-0.1, -0.05) is 6.92 Å². The van der Waals surface area contributed by atoms with Crippen LogP contribution in [0.1, 0.15) is 31.7 Å². The zero-order valence-electron chi connectivity index (χ0n) is 10.3. The van der Waals surface area contributed by atoms with Gasteiger partial charge in [0.1, 0.15) is 0 Å². The van der Waals surface area contributed by atoms with E-state index in [9.17, 15) is 4.79 Å². The van der Waals surface area contributed by atoms with Crippen LogP contribution >= 0.6 is 11.3 Å². The average Bonchev–Trinajstić information content (AvgIpc) is 3.03. The van der Waals surface area contributed by atoms with Crippen LogP contribution in [0.2, 0.25) is 0 Å². The Morgan fingerprint density at radius 3 is 2.94 bits per heavy atom. The number of rotatable bonds is 6. The summed E-state index contributed by atoms with van der Waals surface area (Å²) >= 11 is 1.69. The predicted octanol–water partition coefficient (Wildman–Crippen LogP) is 2.22. The van der Waals surface area contributed by atoms with Crippen molar-refractivity contribution in [3.8, 4) is 0 Å². The first-order chi connectivity index (χ1) is 8.22. The predicted molar refractivity (Wildman–Crippen MR) is 70.7 cm³/mol. The lowest BCUT2D eigenvalue weighted by Gasteiger charge is -2.25. The van der Waals surface area contributed by atoms with E-state index in [0.717, 1.165) is 25.8 Å². The number of amides is 1.